The molecule has 0 aliphatic carbocycles. The average Bonchev–Trinajstić information content (AvgIpc) is 3.04. The first-order chi connectivity index (χ1) is 12.1. The van der Waals surface area contributed by atoms with Crippen LogP contribution >= 0.6 is 0 Å². The Kier molecular flexibility index (Phi) is 5.54. The van der Waals surface area contributed by atoms with Crippen molar-refractivity contribution >= 4 is 5.91 Å². The van der Waals surface area contributed by atoms with Crippen molar-refractivity contribution in [2.24, 2.45) is 5.73 Å². The highest BCUT2D eigenvalue weighted by molar-refractivity contribution is 5.77. The molecule has 3 nitrogen and oxygen atoms in total. The van der Waals surface area contributed by atoms with Gasteiger partial charge in [-0.1, -0.05) is 68.4 Å². The van der Waals surface area contributed by atoms with Crippen LogP contribution in [0.25, 0.3) is 0 Å². The summed E-state index contributed by atoms with van der Waals surface area (Å²) in [7, 11) is 0. The van der Waals surface area contributed by atoms with Gasteiger partial charge in [0.15, 0.2) is 0 Å². The molecule has 1 aliphatic rings. The van der Waals surface area contributed by atoms with Crippen LogP contribution in [0.2, 0.25) is 0 Å². The average molecular weight is 336 g/mol. The summed E-state index contributed by atoms with van der Waals surface area (Å²) in [5.41, 5.74) is 10.1. The maximum absolute atomic E-state index is 12.7. The van der Waals surface area contributed by atoms with Crippen molar-refractivity contribution < 1.29 is 4.79 Å². The number of benzene rings is 2. The summed E-state index contributed by atoms with van der Waals surface area (Å²) < 4.78 is 0. The number of rotatable bonds is 5. The summed E-state index contributed by atoms with van der Waals surface area (Å²) in [6.45, 7) is 5.66. The minimum absolute atomic E-state index is 0.0190. The minimum Gasteiger partial charge on any atom is -0.340 e. The Morgan fingerprint density at radius 1 is 1.12 bits per heavy atom. The normalized spacial score (nSPS) is 21.3. The van der Waals surface area contributed by atoms with Gasteiger partial charge in [-0.15, -0.1) is 0 Å². The van der Waals surface area contributed by atoms with E-state index in [4.69, 9.17) is 5.73 Å². The number of aryl methyl sites for hydroxylation is 1. The number of nitrogens with two attached hydrogens (primary N) is 1. The number of amides is 1. The van der Waals surface area contributed by atoms with E-state index in [1.165, 1.54) is 16.7 Å². The highest BCUT2D eigenvalue weighted by atomic mass is 16.2. The molecule has 2 aromatic carbocycles. The van der Waals surface area contributed by atoms with Crippen LogP contribution in [0.15, 0.2) is 54.6 Å². The monoisotopic (exact) mass is 336 g/mol. The number of hydrogen-bond donors (Lipinski definition) is 1. The van der Waals surface area contributed by atoms with Crippen LogP contribution in [0.1, 0.15) is 48.8 Å². The lowest BCUT2D eigenvalue weighted by Crippen LogP contribution is -2.32. The molecule has 3 rings (SSSR count). The number of likely N-dealkylation sites (tertiary alicyclic amines) is 1. The van der Waals surface area contributed by atoms with Gasteiger partial charge in [-0.3, -0.25) is 4.79 Å². The molecule has 25 heavy (non-hydrogen) atoms. The van der Waals surface area contributed by atoms with E-state index in [0.717, 1.165) is 13.0 Å². The van der Waals surface area contributed by atoms with Crippen LogP contribution in [-0.2, 0) is 11.2 Å². The van der Waals surface area contributed by atoms with Crippen LogP contribution in [0.3, 0.4) is 0 Å². The van der Waals surface area contributed by atoms with E-state index in [1.807, 2.05) is 23.1 Å². The molecule has 0 saturated carbocycles. The van der Waals surface area contributed by atoms with Crippen LogP contribution in [0.4, 0.5) is 0 Å². The zero-order valence-electron chi connectivity index (χ0n) is 15.2. The van der Waals surface area contributed by atoms with Crippen LogP contribution in [-0.4, -0.2) is 29.9 Å². The fourth-order valence-corrected chi connectivity index (χ4v) is 3.68. The lowest BCUT2D eigenvalue weighted by molar-refractivity contribution is -0.130. The Hall–Kier alpha value is -2.13. The van der Waals surface area contributed by atoms with Gasteiger partial charge in [-0.05, 0) is 29.0 Å². The van der Waals surface area contributed by atoms with E-state index in [-0.39, 0.29) is 23.8 Å². The predicted molar refractivity (Wildman–Crippen MR) is 103 cm³/mol. The number of nitrogens with zero attached hydrogens (tertiary/aromatic N) is 1. The van der Waals surface area contributed by atoms with Gasteiger partial charge in [0.1, 0.15) is 0 Å². The molecular formula is C22H28N2O. The van der Waals surface area contributed by atoms with Crippen LogP contribution < -0.4 is 5.73 Å². The lowest BCUT2D eigenvalue weighted by Gasteiger charge is -2.19. The first-order valence-electron chi connectivity index (χ1n) is 9.25. The van der Waals surface area contributed by atoms with Crippen molar-refractivity contribution in [2.45, 2.75) is 44.6 Å². The minimum atomic E-state index is 0.0190. The van der Waals surface area contributed by atoms with E-state index in [1.54, 1.807) is 0 Å². The molecule has 0 bridgehead atoms. The van der Waals surface area contributed by atoms with Gasteiger partial charge in [-0.2, -0.15) is 0 Å². The van der Waals surface area contributed by atoms with Crippen molar-refractivity contribution in [3.63, 3.8) is 0 Å². The molecular weight excluding hydrogens is 308 g/mol. The Labute approximate surface area is 150 Å². The maximum Gasteiger partial charge on any atom is 0.223 e. The SMILES string of the molecule is CCc1ccc(C(C)CC(=O)N2C[C@@H](N)[C@H](c3ccccc3)C2)cc1. The molecule has 1 heterocycles. The predicted octanol–water partition coefficient (Wildman–Crippen LogP) is 3.70. The molecule has 2 aromatic rings. The van der Waals surface area contributed by atoms with Crippen molar-refractivity contribution in [3.8, 4) is 0 Å². The van der Waals surface area contributed by atoms with Gasteiger partial charge in [0, 0.05) is 31.5 Å². The topological polar surface area (TPSA) is 46.3 Å². The third-order valence-corrected chi connectivity index (χ3v) is 5.38. The number of hydrogen-bond acceptors (Lipinski definition) is 2. The quantitative estimate of drug-likeness (QED) is 0.905. The molecule has 0 radical (unpaired) electrons. The molecule has 3 atom stereocenters. The molecule has 1 saturated heterocycles. The van der Waals surface area contributed by atoms with E-state index in [0.29, 0.717) is 13.0 Å². The summed E-state index contributed by atoms with van der Waals surface area (Å²) in [5.74, 6) is 0.677. The van der Waals surface area contributed by atoms with E-state index in [9.17, 15) is 4.79 Å². The second kappa shape index (κ2) is 7.83. The molecule has 0 spiro atoms. The Morgan fingerprint density at radius 3 is 2.44 bits per heavy atom. The summed E-state index contributed by atoms with van der Waals surface area (Å²) in [6.07, 6.45) is 1.58. The Bertz CT molecular complexity index is 696. The molecule has 1 unspecified atom stereocenters. The summed E-state index contributed by atoms with van der Waals surface area (Å²) >= 11 is 0. The zero-order chi connectivity index (χ0) is 17.8. The van der Waals surface area contributed by atoms with Crippen LogP contribution in [0, 0.1) is 0 Å². The molecule has 0 aromatic heterocycles. The number of carbonyl (C=O) groups excluding carboxylic acids is 1. The van der Waals surface area contributed by atoms with Crippen molar-refractivity contribution in [3.05, 3.63) is 71.3 Å². The first-order valence-corrected chi connectivity index (χ1v) is 9.25. The Balaban J connectivity index is 1.61. The fourth-order valence-electron chi connectivity index (χ4n) is 3.68. The molecule has 2 N–H and O–H groups in total. The van der Waals surface area contributed by atoms with E-state index in [2.05, 4.69) is 50.2 Å². The Morgan fingerprint density at radius 2 is 1.80 bits per heavy atom. The first kappa shape index (κ1) is 17.7. The molecule has 132 valence electrons. The molecule has 1 aliphatic heterocycles. The van der Waals surface area contributed by atoms with Crippen molar-refractivity contribution in [2.75, 3.05) is 13.1 Å². The number of carbonyl (C=O) groups is 1. The highest BCUT2D eigenvalue weighted by Gasteiger charge is 2.34. The van der Waals surface area contributed by atoms with Crippen molar-refractivity contribution in [1.29, 1.82) is 0 Å². The second-order valence-corrected chi connectivity index (χ2v) is 7.18. The summed E-state index contributed by atoms with van der Waals surface area (Å²) in [5, 5.41) is 0. The van der Waals surface area contributed by atoms with Gasteiger partial charge in [0.2, 0.25) is 5.91 Å². The standard InChI is InChI=1S/C22H28N2O/c1-3-17-9-11-18(12-10-17)16(2)13-22(25)24-14-20(21(23)15-24)19-7-5-4-6-8-19/h4-12,16,20-21H,3,13-15,23H2,1-2H3/t16?,20-,21+/m0/s1. The second-order valence-electron chi connectivity index (χ2n) is 7.18. The third kappa shape index (κ3) is 4.10. The molecule has 1 amide bonds. The maximum atomic E-state index is 12.7. The van der Waals surface area contributed by atoms with Gasteiger partial charge < -0.3 is 10.6 Å². The molecule has 1 fully saturated rings. The van der Waals surface area contributed by atoms with Crippen LogP contribution in [0.5, 0.6) is 0 Å². The van der Waals surface area contributed by atoms with Crippen molar-refractivity contribution in [1.82, 2.24) is 4.90 Å². The van der Waals surface area contributed by atoms with Gasteiger partial charge in [0.05, 0.1) is 0 Å². The van der Waals surface area contributed by atoms with Gasteiger partial charge in [0.25, 0.3) is 0 Å². The largest absolute Gasteiger partial charge is 0.340 e. The van der Waals surface area contributed by atoms with E-state index >= 15 is 0 Å². The summed E-state index contributed by atoms with van der Waals surface area (Å²) in [6, 6.07) is 18.9. The zero-order valence-corrected chi connectivity index (χ0v) is 15.2. The third-order valence-electron chi connectivity index (χ3n) is 5.38. The van der Waals surface area contributed by atoms with E-state index < -0.39 is 0 Å². The smallest absolute Gasteiger partial charge is 0.223 e. The molecule has 3 heteroatoms. The summed E-state index contributed by atoms with van der Waals surface area (Å²) in [4.78, 5) is 14.7. The lowest BCUT2D eigenvalue weighted by atomic mass is 9.95. The van der Waals surface area contributed by atoms with Gasteiger partial charge >= 0.3 is 0 Å². The highest BCUT2D eigenvalue weighted by Crippen LogP contribution is 2.28. The van der Waals surface area contributed by atoms with Gasteiger partial charge in [-0.25, -0.2) is 0 Å². The fraction of sp³-hybridized carbons (Fsp3) is 0.409.